The van der Waals surface area contributed by atoms with Crippen LogP contribution in [0.25, 0.3) is 10.1 Å². The molecule has 5 aromatic rings. The highest BCUT2D eigenvalue weighted by atomic mass is 32.1. The van der Waals surface area contributed by atoms with Crippen LogP contribution < -0.4 is 16.2 Å². The van der Waals surface area contributed by atoms with Crippen LogP contribution in [0, 0.1) is 11.8 Å². The third kappa shape index (κ3) is 12.5. The van der Waals surface area contributed by atoms with Crippen molar-refractivity contribution in [2.45, 2.75) is 103 Å². The highest BCUT2D eigenvalue weighted by molar-refractivity contribution is 7.14. The van der Waals surface area contributed by atoms with E-state index in [-0.39, 0.29) is 36.3 Å². The van der Waals surface area contributed by atoms with Crippen LogP contribution in [0.2, 0.25) is 0 Å². The molecule has 2 aromatic heterocycles. The normalized spacial score (nSPS) is 19.8. The summed E-state index contributed by atoms with van der Waals surface area (Å²) >= 11 is 1.23. The molecule has 2 amide bonds. The fourth-order valence-corrected chi connectivity index (χ4v) is 9.73. The van der Waals surface area contributed by atoms with Crippen LogP contribution in [0.5, 0.6) is 0 Å². The molecule has 0 bridgehead atoms. The predicted molar refractivity (Wildman–Crippen MR) is 246 cm³/mol. The highest BCUT2D eigenvalue weighted by Crippen LogP contribution is 2.32. The molecule has 5 N–H and O–H groups in total. The van der Waals surface area contributed by atoms with Crippen LogP contribution in [0.1, 0.15) is 81.8 Å². The Hall–Kier alpha value is -5.25. The van der Waals surface area contributed by atoms with Gasteiger partial charge in [-0.1, -0.05) is 105 Å². The second-order valence-corrected chi connectivity index (χ2v) is 19.0. The first-order chi connectivity index (χ1) is 30.1. The van der Waals surface area contributed by atoms with Crippen molar-refractivity contribution in [3.63, 3.8) is 0 Å². The van der Waals surface area contributed by atoms with Gasteiger partial charge >= 0.3 is 5.97 Å². The van der Waals surface area contributed by atoms with E-state index in [2.05, 4.69) is 25.4 Å². The van der Waals surface area contributed by atoms with Gasteiger partial charge in [-0.2, -0.15) is 0 Å². The van der Waals surface area contributed by atoms with Crippen molar-refractivity contribution in [3.8, 4) is 0 Å². The number of carbonyl (C=O) groups excluding carboxylic acids is 2. The molecule has 0 spiro atoms. The van der Waals surface area contributed by atoms with Gasteiger partial charge in [0.2, 0.25) is 11.8 Å². The van der Waals surface area contributed by atoms with Gasteiger partial charge in [0.25, 0.3) is 5.56 Å². The number of fused-ring (bicyclic) bond motifs is 2. The summed E-state index contributed by atoms with van der Waals surface area (Å²) in [6, 6.07) is 27.1. The standard InChI is InChI=1S/C36H47N5O4.C13H15NO3S/c1-36(2,3)39-35(45)31-24-40(22-26-12-9-15-37-21-26)16-17-41(31)23-29(42)19-28(18-25-10-5-4-6-11-25)34(44)38-33-30-14-8-7-13-27(30)20-32(33)43;1-3-8(2)11(13(16)17)14-12(15)9-6-4-5-7-10(9)18-14/h4-15,21,28-29,31-33,42-43H,16-20,22-24H2,1-3H3,(H,38,44)(H,39,45);4-8,11H,3H2,1-2H3,(H,16,17)/t28-,29+,31+,32-,33+;8-,11-/m10/s1. The molecule has 1 aliphatic heterocycles. The molecular formula is C49H62N6O7S. The lowest BCUT2D eigenvalue weighted by Gasteiger charge is -2.42. The summed E-state index contributed by atoms with van der Waals surface area (Å²) in [4.78, 5) is 59.5. The molecule has 0 saturated carbocycles. The number of piperazine rings is 1. The zero-order chi connectivity index (χ0) is 45.3. The summed E-state index contributed by atoms with van der Waals surface area (Å²) in [6.45, 7) is 12.5. The smallest absolute Gasteiger partial charge is 0.328 e. The van der Waals surface area contributed by atoms with E-state index >= 15 is 0 Å². The Labute approximate surface area is 373 Å². The zero-order valence-corrected chi connectivity index (χ0v) is 37.7. The van der Waals surface area contributed by atoms with Crippen LogP contribution in [-0.4, -0.2) is 102 Å². The Balaban J connectivity index is 0.000000305. The van der Waals surface area contributed by atoms with Crippen LogP contribution in [0.4, 0.5) is 0 Å². The molecular weight excluding hydrogens is 817 g/mol. The number of nitrogens with one attached hydrogen (secondary N) is 2. The lowest BCUT2D eigenvalue weighted by molar-refractivity contribution is -0.142. The molecule has 13 nitrogen and oxygen atoms in total. The Morgan fingerprint density at radius 1 is 0.937 bits per heavy atom. The van der Waals surface area contributed by atoms with Gasteiger partial charge in [0.1, 0.15) is 12.1 Å². The number of carbonyl (C=O) groups is 3. The first-order valence-corrected chi connectivity index (χ1v) is 22.7. The maximum Gasteiger partial charge on any atom is 0.328 e. The van der Waals surface area contributed by atoms with Gasteiger partial charge in [-0.25, -0.2) is 8.75 Å². The van der Waals surface area contributed by atoms with Gasteiger partial charge in [0.05, 0.1) is 28.3 Å². The average Bonchev–Trinajstić information content (AvgIpc) is 3.75. The minimum absolute atomic E-state index is 0.0712. The van der Waals surface area contributed by atoms with Crippen molar-refractivity contribution in [2.24, 2.45) is 11.8 Å². The topological polar surface area (TPSA) is 177 Å². The van der Waals surface area contributed by atoms with Crippen molar-refractivity contribution in [2.75, 3.05) is 26.2 Å². The second kappa shape index (κ2) is 21.4. The lowest BCUT2D eigenvalue weighted by atomic mass is 9.91. The number of pyridine rings is 1. The summed E-state index contributed by atoms with van der Waals surface area (Å²) in [7, 11) is 0. The molecule has 63 heavy (non-hydrogen) atoms. The molecule has 14 heteroatoms. The van der Waals surface area contributed by atoms with E-state index in [4.69, 9.17) is 0 Å². The Kier molecular flexibility index (Phi) is 16.1. The highest BCUT2D eigenvalue weighted by Gasteiger charge is 2.37. The lowest BCUT2D eigenvalue weighted by Crippen LogP contribution is -2.61. The largest absolute Gasteiger partial charge is 0.480 e. The molecule has 3 heterocycles. The van der Waals surface area contributed by atoms with Gasteiger partial charge in [0.15, 0.2) is 0 Å². The van der Waals surface area contributed by atoms with Crippen LogP contribution in [0.3, 0.4) is 0 Å². The quantitative estimate of drug-likeness (QED) is 0.0890. The van der Waals surface area contributed by atoms with E-state index in [9.17, 15) is 34.5 Å². The third-order valence-corrected chi connectivity index (χ3v) is 13.0. The molecule has 1 saturated heterocycles. The number of β-amino-alcohol motifs (C(OH)–C–C–N with tert-alkyl or cyclic N) is 1. The minimum Gasteiger partial charge on any atom is -0.480 e. The number of carboxylic acid groups (broad SMARTS) is 1. The third-order valence-electron chi connectivity index (χ3n) is 11.9. The zero-order valence-electron chi connectivity index (χ0n) is 36.9. The summed E-state index contributed by atoms with van der Waals surface area (Å²) in [5, 5.41) is 38.4. The van der Waals surface area contributed by atoms with Gasteiger partial charge in [-0.05, 0) is 80.0 Å². The summed E-state index contributed by atoms with van der Waals surface area (Å²) < 4.78 is 2.22. The van der Waals surface area contributed by atoms with Crippen LogP contribution in [-0.2, 0) is 33.8 Å². The number of nitrogens with zero attached hydrogens (tertiary/aromatic N) is 4. The number of aromatic nitrogens is 2. The monoisotopic (exact) mass is 878 g/mol. The summed E-state index contributed by atoms with van der Waals surface area (Å²) in [5.74, 6) is -1.80. The number of amides is 2. The van der Waals surface area contributed by atoms with E-state index in [0.29, 0.717) is 37.9 Å². The fourth-order valence-electron chi connectivity index (χ4n) is 8.54. The number of rotatable bonds is 15. The molecule has 7 rings (SSSR count). The molecule has 7 atom stereocenters. The number of aliphatic hydroxyl groups is 2. The van der Waals surface area contributed by atoms with Gasteiger partial charge in [-0.3, -0.25) is 29.2 Å². The number of benzene rings is 3. The van der Waals surface area contributed by atoms with Crippen molar-refractivity contribution in [1.82, 2.24) is 29.4 Å². The van der Waals surface area contributed by atoms with E-state index < -0.39 is 47.8 Å². The number of aliphatic hydroxyl groups excluding tert-OH is 2. The fraction of sp³-hybridized carbons (Fsp3) is 0.449. The maximum atomic E-state index is 13.8. The number of carboxylic acids is 1. The van der Waals surface area contributed by atoms with Crippen LogP contribution >= 0.6 is 11.5 Å². The summed E-state index contributed by atoms with van der Waals surface area (Å²) in [6.07, 6.45) is 3.98. The van der Waals surface area contributed by atoms with Crippen molar-refractivity contribution in [3.05, 3.63) is 136 Å². The first kappa shape index (κ1) is 47.2. The van der Waals surface area contributed by atoms with Crippen molar-refractivity contribution >= 4 is 39.4 Å². The molecule has 336 valence electrons. The van der Waals surface area contributed by atoms with Gasteiger partial charge < -0.3 is 26.0 Å². The van der Waals surface area contributed by atoms with E-state index in [1.807, 2.05) is 120 Å². The number of hydrogen-bond acceptors (Lipinski definition) is 10. The predicted octanol–water partition coefficient (Wildman–Crippen LogP) is 5.60. The molecule has 3 aromatic carbocycles. The Morgan fingerprint density at radius 2 is 1.63 bits per heavy atom. The molecule has 1 aliphatic carbocycles. The molecule has 0 radical (unpaired) electrons. The van der Waals surface area contributed by atoms with E-state index in [1.165, 1.54) is 15.5 Å². The van der Waals surface area contributed by atoms with Gasteiger partial charge in [0, 0.05) is 63.0 Å². The molecule has 1 fully saturated rings. The molecule has 0 unspecified atom stereocenters. The second-order valence-electron chi connectivity index (χ2n) is 18.0. The Bertz CT molecular complexity index is 2350. The molecule has 2 aliphatic rings. The van der Waals surface area contributed by atoms with Crippen LogP contribution in [0.15, 0.2) is 108 Å². The summed E-state index contributed by atoms with van der Waals surface area (Å²) in [5.41, 5.74) is 3.47. The minimum atomic E-state index is -0.946. The maximum absolute atomic E-state index is 13.8. The van der Waals surface area contributed by atoms with E-state index in [1.54, 1.807) is 18.3 Å². The van der Waals surface area contributed by atoms with Crippen molar-refractivity contribution in [1.29, 1.82) is 0 Å². The van der Waals surface area contributed by atoms with Gasteiger partial charge in [-0.15, -0.1) is 0 Å². The Morgan fingerprint density at radius 3 is 2.32 bits per heavy atom. The first-order valence-electron chi connectivity index (χ1n) is 21.9. The van der Waals surface area contributed by atoms with Crippen molar-refractivity contribution < 1.29 is 29.7 Å². The SMILES string of the molecule is CC(C)(C)NC(=O)[C@@H]1CN(Cc2cccnc2)CCN1C[C@@H](O)C[C@@H](Cc1ccccc1)C(=O)N[C@H]1c2ccccc2C[C@H]1O.CC[C@H](C)[C@@H](C(=O)O)n1sc2ccccc2c1=O. The van der Waals surface area contributed by atoms with E-state index in [0.717, 1.165) is 39.9 Å². The number of aliphatic carboxylic acids is 1. The number of hydrogen-bond donors (Lipinski definition) is 5. The average molecular weight is 879 g/mol.